The Morgan fingerprint density at radius 1 is 1.19 bits per heavy atom. The molecule has 3 rings (SSSR count). The lowest BCUT2D eigenvalue weighted by atomic mass is 9.93. The van der Waals surface area contributed by atoms with Crippen LogP contribution in [0.25, 0.3) is 0 Å². The first-order valence-electron chi connectivity index (χ1n) is 9.48. The van der Waals surface area contributed by atoms with Crippen LogP contribution in [0, 0.1) is 28.6 Å². The van der Waals surface area contributed by atoms with E-state index >= 15 is 0 Å². The predicted molar refractivity (Wildman–Crippen MR) is 111 cm³/mol. The quantitative estimate of drug-likeness (QED) is 0.506. The van der Waals surface area contributed by atoms with E-state index in [2.05, 4.69) is 26.0 Å². The zero-order valence-electron chi connectivity index (χ0n) is 16.2. The van der Waals surface area contributed by atoms with Crippen LogP contribution in [0.2, 0.25) is 0 Å². The fourth-order valence-electron chi connectivity index (χ4n) is 3.99. The van der Waals surface area contributed by atoms with E-state index in [0.717, 1.165) is 34.9 Å². The molecule has 0 N–H and O–H groups in total. The predicted octanol–water partition coefficient (Wildman–Crippen LogP) is 7.28. The van der Waals surface area contributed by atoms with E-state index in [4.69, 9.17) is 16.3 Å². The third-order valence-electron chi connectivity index (χ3n) is 5.71. The van der Waals surface area contributed by atoms with Crippen LogP contribution in [0.1, 0.15) is 45.1 Å². The van der Waals surface area contributed by atoms with Gasteiger partial charge < -0.3 is 4.74 Å². The first-order valence-corrected chi connectivity index (χ1v) is 9.86. The van der Waals surface area contributed by atoms with Gasteiger partial charge in [-0.2, -0.15) is 5.26 Å². The number of nitrogens with zero attached hydrogens (tertiary/aromatic N) is 1. The highest BCUT2D eigenvalue weighted by atomic mass is 35.5. The number of allylic oxidation sites excluding steroid dienone is 2. The number of hydrogen-bond acceptors (Lipinski definition) is 2. The van der Waals surface area contributed by atoms with Crippen molar-refractivity contribution in [3.8, 4) is 17.6 Å². The lowest BCUT2D eigenvalue weighted by Gasteiger charge is -2.12. The van der Waals surface area contributed by atoms with E-state index in [1.165, 1.54) is 0 Å². The molecule has 3 unspecified atom stereocenters. The molecule has 2 aromatic rings. The number of benzene rings is 2. The van der Waals surface area contributed by atoms with Gasteiger partial charge in [-0.25, -0.2) is 0 Å². The standard InChI is InChI=1S/C24H26ClNO/c1-17(25)14-23-22(24(23,2)3)13-12-19(16-26)18-8-7-11-21(15-18)27-20-9-5-4-6-10-20/h4-11,14-15,19,22-23H,12-13H2,1-3H3/b17-14-. The first-order chi connectivity index (χ1) is 12.9. The summed E-state index contributed by atoms with van der Waals surface area (Å²) in [6.07, 6.45) is 4.05. The molecule has 0 heterocycles. The fourth-order valence-corrected chi connectivity index (χ4v) is 4.12. The van der Waals surface area contributed by atoms with Crippen molar-refractivity contribution in [3.63, 3.8) is 0 Å². The van der Waals surface area contributed by atoms with Gasteiger partial charge in [0.1, 0.15) is 11.5 Å². The van der Waals surface area contributed by atoms with Crippen LogP contribution in [-0.4, -0.2) is 0 Å². The summed E-state index contributed by atoms with van der Waals surface area (Å²) in [5.74, 6) is 2.55. The van der Waals surface area contributed by atoms with E-state index in [9.17, 15) is 5.26 Å². The molecule has 1 aliphatic carbocycles. The molecule has 140 valence electrons. The molecule has 1 aliphatic rings. The van der Waals surface area contributed by atoms with Gasteiger partial charge in [-0.05, 0) is 66.8 Å². The first kappa shape index (κ1) is 19.5. The maximum atomic E-state index is 9.71. The monoisotopic (exact) mass is 379 g/mol. The molecule has 0 bridgehead atoms. The van der Waals surface area contributed by atoms with Gasteiger partial charge in [0.2, 0.25) is 0 Å². The van der Waals surface area contributed by atoms with Crippen molar-refractivity contribution in [2.75, 3.05) is 0 Å². The molecule has 2 nitrogen and oxygen atoms in total. The van der Waals surface area contributed by atoms with Crippen molar-refractivity contribution in [2.24, 2.45) is 17.3 Å². The van der Waals surface area contributed by atoms with Crippen LogP contribution in [-0.2, 0) is 0 Å². The van der Waals surface area contributed by atoms with Gasteiger partial charge in [0.25, 0.3) is 0 Å². The summed E-state index contributed by atoms with van der Waals surface area (Å²) in [5, 5.41) is 10.6. The molecule has 1 fully saturated rings. The van der Waals surface area contributed by atoms with Crippen LogP contribution in [0.3, 0.4) is 0 Å². The summed E-state index contributed by atoms with van der Waals surface area (Å²) < 4.78 is 5.91. The lowest BCUT2D eigenvalue weighted by Crippen LogP contribution is -1.99. The number of para-hydroxylation sites is 1. The summed E-state index contributed by atoms with van der Waals surface area (Å²) in [7, 11) is 0. The van der Waals surface area contributed by atoms with Crippen molar-refractivity contribution in [2.45, 2.75) is 39.5 Å². The molecular weight excluding hydrogens is 354 g/mol. The summed E-state index contributed by atoms with van der Waals surface area (Å²) in [5.41, 5.74) is 1.29. The maximum Gasteiger partial charge on any atom is 0.127 e. The molecule has 0 amide bonds. The molecule has 0 saturated heterocycles. The minimum absolute atomic E-state index is 0.123. The van der Waals surface area contributed by atoms with Gasteiger partial charge >= 0.3 is 0 Å². The van der Waals surface area contributed by atoms with Crippen molar-refractivity contribution in [3.05, 3.63) is 71.3 Å². The molecule has 0 aliphatic heterocycles. The molecule has 1 saturated carbocycles. The maximum absolute atomic E-state index is 9.71. The Kier molecular flexibility index (Phi) is 5.92. The van der Waals surface area contributed by atoms with Crippen molar-refractivity contribution in [1.82, 2.24) is 0 Å². The summed E-state index contributed by atoms with van der Waals surface area (Å²) >= 11 is 6.07. The molecule has 0 aromatic heterocycles. The average molecular weight is 380 g/mol. The smallest absolute Gasteiger partial charge is 0.127 e. The highest BCUT2D eigenvalue weighted by molar-refractivity contribution is 6.29. The average Bonchev–Trinajstić information content (AvgIpc) is 3.15. The number of halogens is 1. The Labute approximate surface area is 167 Å². The summed E-state index contributed by atoms with van der Waals surface area (Å²) in [4.78, 5) is 0. The van der Waals surface area contributed by atoms with E-state index < -0.39 is 0 Å². The van der Waals surface area contributed by atoms with Gasteiger partial charge in [-0.15, -0.1) is 0 Å². The second kappa shape index (κ2) is 8.19. The normalized spacial score (nSPS) is 22.0. The lowest BCUT2D eigenvalue weighted by molar-refractivity contribution is 0.480. The third kappa shape index (κ3) is 4.73. The van der Waals surface area contributed by atoms with Crippen LogP contribution >= 0.6 is 11.6 Å². The summed E-state index contributed by atoms with van der Waals surface area (Å²) in [6.45, 7) is 6.51. The highest BCUT2D eigenvalue weighted by Gasteiger charge is 2.55. The van der Waals surface area contributed by atoms with Gasteiger partial charge in [-0.3, -0.25) is 0 Å². The van der Waals surface area contributed by atoms with Crippen molar-refractivity contribution >= 4 is 11.6 Å². The van der Waals surface area contributed by atoms with E-state index in [1.807, 2.05) is 61.5 Å². The van der Waals surface area contributed by atoms with Gasteiger partial charge in [0.05, 0.1) is 12.0 Å². The molecular formula is C24H26ClNO. The second-order valence-corrected chi connectivity index (χ2v) is 8.55. The van der Waals surface area contributed by atoms with Crippen LogP contribution in [0.5, 0.6) is 11.5 Å². The topological polar surface area (TPSA) is 33.0 Å². The second-order valence-electron chi connectivity index (χ2n) is 7.95. The number of hydrogen-bond donors (Lipinski definition) is 0. The Morgan fingerprint density at radius 3 is 2.56 bits per heavy atom. The zero-order chi connectivity index (χ0) is 19.4. The number of nitriles is 1. The fraction of sp³-hybridized carbons (Fsp3) is 0.375. The van der Waals surface area contributed by atoms with E-state index in [1.54, 1.807) is 0 Å². The van der Waals surface area contributed by atoms with Gasteiger partial charge in [0, 0.05) is 5.03 Å². The van der Waals surface area contributed by atoms with Crippen LogP contribution in [0.4, 0.5) is 0 Å². The minimum atomic E-state index is -0.123. The van der Waals surface area contributed by atoms with Crippen LogP contribution < -0.4 is 4.74 Å². The van der Waals surface area contributed by atoms with Crippen molar-refractivity contribution in [1.29, 1.82) is 5.26 Å². The SMILES string of the molecule is C/C(Cl)=C/C1C(CCC(C#N)c2cccc(Oc3ccccc3)c2)C1(C)C. The molecule has 3 heteroatoms. The number of ether oxygens (including phenoxy) is 1. The zero-order valence-corrected chi connectivity index (χ0v) is 16.9. The van der Waals surface area contributed by atoms with Gasteiger partial charge in [-0.1, -0.05) is 61.9 Å². The Hall–Kier alpha value is -2.24. The van der Waals surface area contributed by atoms with Gasteiger partial charge in [0.15, 0.2) is 0 Å². The van der Waals surface area contributed by atoms with Crippen molar-refractivity contribution < 1.29 is 4.74 Å². The highest BCUT2D eigenvalue weighted by Crippen LogP contribution is 2.62. The third-order valence-corrected chi connectivity index (χ3v) is 5.84. The summed E-state index contributed by atoms with van der Waals surface area (Å²) in [6, 6.07) is 20.1. The minimum Gasteiger partial charge on any atom is -0.457 e. The van der Waals surface area contributed by atoms with Crippen LogP contribution in [0.15, 0.2) is 65.7 Å². The molecule has 27 heavy (non-hydrogen) atoms. The Morgan fingerprint density at radius 2 is 1.89 bits per heavy atom. The molecule has 0 radical (unpaired) electrons. The van der Waals surface area contributed by atoms with E-state index in [0.29, 0.717) is 11.8 Å². The Bertz CT molecular complexity index is 846. The van der Waals surface area contributed by atoms with E-state index in [-0.39, 0.29) is 11.3 Å². The molecule has 2 aromatic carbocycles. The molecule has 3 atom stereocenters. The largest absolute Gasteiger partial charge is 0.457 e. The number of rotatable bonds is 7. The Balaban J connectivity index is 1.65. The molecule has 0 spiro atoms.